The Kier molecular flexibility index (Phi) is 5.08. The third-order valence-corrected chi connectivity index (χ3v) is 3.23. The van der Waals surface area contributed by atoms with Crippen molar-refractivity contribution in [3.63, 3.8) is 0 Å². The summed E-state index contributed by atoms with van der Waals surface area (Å²) in [5, 5.41) is 0. The number of rotatable bonds is 6. The monoisotopic (exact) mass is 310 g/mol. The van der Waals surface area contributed by atoms with Crippen molar-refractivity contribution in [2.24, 2.45) is 0 Å². The molecule has 0 amide bonds. The minimum Gasteiger partial charge on any atom is -0.493 e. The number of methoxy groups -OCH3 is 3. The first-order chi connectivity index (χ1) is 10.6. The molecule has 0 N–H and O–H groups in total. The zero-order valence-electron chi connectivity index (χ0n) is 12.7. The van der Waals surface area contributed by atoms with Crippen molar-refractivity contribution in [2.75, 3.05) is 27.9 Å². The van der Waals surface area contributed by atoms with Gasteiger partial charge < -0.3 is 23.7 Å². The molecule has 120 valence electrons. The number of cyclic esters (lactones) is 1. The summed E-state index contributed by atoms with van der Waals surface area (Å²) in [7, 11) is 4.49. The molecule has 0 aliphatic carbocycles. The Hall–Kier alpha value is -2.44. The van der Waals surface area contributed by atoms with Crippen LogP contribution in [0.15, 0.2) is 12.1 Å². The molecule has 0 bridgehead atoms. The van der Waals surface area contributed by atoms with Gasteiger partial charge in [0.25, 0.3) is 0 Å². The van der Waals surface area contributed by atoms with Crippen LogP contribution in [-0.4, -0.2) is 46.0 Å². The summed E-state index contributed by atoms with van der Waals surface area (Å²) in [6.45, 7) is 0.279. The molecule has 1 atom stereocenters. The Morgan fingerprint density at radius 3 is 2.27 bits per heavy atom. The van der Waals surface area contributed by atoms with Crippen molar-refractivity contribution in [2.45, 2.75) is 18.9 Å². The molecular weight excluding hydrogens is 292 g/mol. The fraction of sp³-hybridized carbons (Fsp3) is 0.467. The highest BCUT2D eigenvalue weighted by atomic mass is 16.6. The fourth-order valence-corrected chi connectivity index (χ4v) is 2.19. The van der Waals surface area contributed by atoms with Crippen molar-refractivity contribution < 1.29 is 33.3 Å². The van der Waals surface area contributed by atoms with Crippen LogP contribution in [0.25, 0.3) is 0 Å². The van der Waals surface area contributed by atoms with Gasteiger partial charge in [0.2, 0.25) is 11.9 Å². The number of carbonyl (C=O) groups is 2. The van der Waals surface area contributed by atoms with Gasteiger partial charge >= 0.3 is 11.9 Å². The number of hydrogen-bond acceptors (Lipinski definition) is 7. The van der Waals surface area contributed by atoms with Crippen LogP contribution in [0.1, 0.15) is 12.0 Å². The maximum Gasteiger partial charge on any atom is 0.347 e. The summed E-state index contributed by atoms with van der Waals surface area (Å²) < 4.78 is 25.5. The Morgan fingerprint density at radius 2 is 1.82 bits per heavy atom. The standard InChI is InChI=1S/C15H18O7/c1-18-11-6-9(7-12(19-2)14(11)20-3)8-13(16)22-10-4-5-21-15(10)17/h6-7,10H,4-5,8H2,1-3H3/t10-/m0/s1. The Balaban J connectivity index is 2.11. The molecule has 1 saturated heterocycles. The summed E-state index contributed by atoms with van der Waals surface area (Å²) in [6.07, 6.45) is -0.435. The molecule has 1 aliphatic rings. The lowest BCUT2D eigenvalue weighted by molar-refractivity contribution is -0.159. The quantitative estimate of drug-likeness (QED) is 0.728. The molecule has 7 heteroatoms. The van der Waals surface area contributed by atoms with Crippen molar-refractivity contribution in [1.29, 1.82) is 0 Å². The maximum absolute atomic E-state index is 11.9. The van der Waals surface area contributed by atoms with Gasteiger partial charge in [-0.2, -0.15) is 0 Å². The van der Waals surface area contributed by atoms with E-state index in [2.05, 4.69) is 0 Å². The second-order valence-electron chi connectivity index (χ2n) is 4.65. The first kappa shape index (κ1) is 15.9. The van der Waals surface area contributed by atoms with Crippen LogP contribution in [0.4, 0.5) is 0 Å². The lowest BCUT2D eigenvalue weighted by Gasteiger charge is -2.14. The van der Waals surface area contributed by atoms with E-state index in [4.69, 9.17) is 23.7 Å². The lowest BCUT2D eigenvalue weighted by atomic mass is 10.1. The SMILES string of the molecule is COc1cc(CC(=O)O[C@H]2CCOC2=O)cc(OC)c1OC. The van der Waals surface area contributed by atoms with E-state index < -0.39 is 18.0 Å². The van der Waals surface area contributed by atoms with Gasteiger partial charge in [0.15, 0.2) is 11.5 Å². The van der Waals surface area contributed by atoms with Gasteiger partial charge in [0.05, 0.1) is 34.4 Å². The second kappa shape index (κ2) is 7.02. The maximum atomic E-state index is 11.9. The lowest BCUT2D eigenvalue weighted by Crippen LogP contribution is -2.23. The van der Waals surface area contributed by atoms with Crippen molar-refractivity contribution in [3.8, 4) is 17.2 Å². The highest BCUT2D eigenvalue weighted by Crippen LogP contribution is 2.38. The van der Waals surface area contributed by atoms with Crippen LogP contribution in [0.3, 0.4) is 0 Å². The van der Waals surface area contributed by atoms with Crippen LogP contribution in [0.2, 0.25) is 0 Å². The summed E-state index contributed by atoms with van der Waals surface area (Å²) in [5.74, 6) is 0.327. The third-order valence-electron chi connectivity index (χ3n) is 3.23. The normalized spacial score (nSPS) is 16.9. The van der Waals surface area contributed by atoms with Crippen molar-refractivity contribution >= 4 is 11.9 Å². The van der Waals surface area contributed by atoms with Crippen LogP contribution < -0.4 is 14.2 Å². The smallest absolute Gasteiger partial charge is 0.347 e. The molecule has 0 unspecified atom stereocenters. The van der Waals surface area contributed by atoms with Gasteiger partial charge in [-0.1, -0.05) is 0 Å². The van der Waals surface area contributed by atoms with E-state index in [0.717, 1.165) is 0 Å². The largest absolute Gasteiger partial charge is 0.493 e. The zero-order chi connectivity index (χ0) is 16.1. The Labute approximate surface area is 128 Å². The van der Waals surface area contributed by atoms with E-state index >= 15 is 0 Å². The van der Waals surface area contributed by atoms with E-state index in [-0.39, 0.29) is 13.0 Å². The van der Waals surface area contributed by atoms with E-state index in [9.17, 15) is 9.59 Å². The number of ether oxygens (including phenoxy) is 5. The first-order valence-corrected chi connectivity index (χ1v) is 6.74. The summed E-state index contributed by atoms with van der Waals surface area (Å²) in [4.78, 5) is 23.2. The van der Waals surface area contributed by atoms with Gasteiger partial charge in [-0.3, -0.25) is 4.79 Å². The van der Waals surface area contributed by atoms with Crippen molar-refractivity contribution in [1.82, 2.24) is 0 Å². The zero-order valence-corrected chi connectivity index (χ0v) is 12.7. The first-order valence-electron chi connectivity index (χ1n) is 6.74. The van der Waals surface area contributed by atoms with Gasteiger partial charge in [0.1, 0.15) is 0 Å². The number of benzene rings is 1. The Bertz CT molecular complexity index is 542. The topological polar surface area (TPSA) is 80.3 Å². The van der Waals surface area contributed by atoms with Crippen LogP contribution in [0.5, 0.6) is 17.2 Å². The Morgan fingerprint density at radius 1 is 1.18 bits per heavy atom. The third kappa shape index (κ3) is 3.41. The average Bonchev–Trinajstić information content (AvgIpc) is 2.91. The number of carbonyl (C=O) groups excluding carboxylic acids is 2. The predicted molar refractivity (Wildman–Crippen MR) is 75.3 cm³/mol. The van der Waals surface area contributed by atoms with Gasteiger partial charge in [-0.15, -0.1) is 0 Å². The molecular formula is C15H18O7. The van der Waals surface area contributed by atoms with Crippen molar-refractivity contribution in [3.05, 3.63) is 17.7 Å². The summed E-state index contributed by atoms with van der Waals surface area (Å²) in [6, 6.07) is 3.32. The fourth-order valence-electron chi connectivity index (χ4n) is 2.19. The van der Waals surface area contributed by atoms with E-state index in [1.54, 1.807) is 12.1 Å². The minimum absolute atomic E-state index is 0.0134. The molecule has 0 radical (unpaired) electrons. The van der Waals surface area contributed by atoms with Gasteiger partial charge in [0, 0.05) is 6.42 Å². The summed E-state index contributed by atoms with van der Waals surface area (Å²) in [5.41, 5.74) is 0.630. The van der Waals surface area contributed by atoms with Crippen LogP contribution >= 0.6 is 0 Å². The molecule has 0 spiro atoms. The molecule has 2 rings (SSSR count). The number of esters is 2. The summed E-state index contributed by atoms with van der Waals surface area (Å²) >= 11 is 0. The molecule has 1 aromatic rings. The van der Waals surface area contributed by atoms with Gasteiger partial charge in [-0.05, 0) is 17.7 Å². The highest BCUT2D eigenvalue weighted by molar-refractivity contribution is 5.81. The molecule has 1 fully saturated rings. The van der Waals surface area contributed by atoms with E-state index in [1.165, 1.54) is 21.3 Å². The highest BCUT2D eigenvalue weighted by Gasteiger charge is 2.30. The predicted octanol–water partition coefficient (Wildman–Crippen LogP) is 1.11. The molecule has 1 aliphatic heterocycles. The van der Waals surface area contributed by atoms with Gasteiger partial charge in [-0.25, -0.2) is 4.79 Å². The van der Waals surface area contributed by atoms with E-state index in [1.807, 2.05) is 0 Å². The van der Waals surface area contributed by atoms with Crippen LogP contribution in [-0.2, 0) is 25.5 Å². The molecule has 22 heavy (non-hydrogen) atoms. The molecule has 1 aromatic carbocycles. The molecule has 7 nitrogen and oxygen atoms in total. The average molecular weight is 310 g/mol. The second-order valence-corrected chi connectivity index (χ2v) is 4.65. The minimum atomic E-state index is -0.811. The molecule has 0 saturated carbocycles. The number of hydrogen-bond donors (Lipinski definition) is 0. The molecule has 1 heterocycles. The van der Waals surface area contributed by atoms with Crippen LogP contribution in [0, 0.1) is 0 Å². The van der Waals surface area contributed by atoms with E-state index in [0.29, 0.717) is 29.2 Å². The molecule has 0 aromatic heterocycles.